The minimum Gasteiger partial charge on any atom is -0.481 e. The molecule has 0 unspecified atom stereocenters. The molecule has 1 amide bonds. The Hall–Kier alpha value is -2.28. The van der Waals surface area contributed by atoms with Crippen LogP contribution in [0.5, 0.6) is 5.75 Å². The van der Waals surface area contributed by atoms with Crippen LogP contribution < -0.4 is 4.74 Å². The van der Waals surface area contributed by atoms with Gasteiger partial charge in [0.25, 0.3) is 0 Å². The van der Waals surface area contributed by atoms with Crippen molar-refractivity contribution >= 4 is 12.1 Å². The molecule has 0 saturated carbocycles. The van der Waals surface area contributed by atoms with Crippen LogP contribution in [0.3, 0.4) is 0 Å². The summed E-state index contributed by atoms with van der Waals surface area (Å²) in [5.74, 6) is -1.19. The molecule has 1 saturated heterocycles. The number of aliphatic carboxylic acids is 1. The lowest BCUT2D eigenvalue weighted by molar-refractivity contribution is -0.144. The first-order valence-corrected chi connectivity index (χ1v) is 8.63. The maximum absolute atomic E-state index is 12.3. The van der Waals surface area contributed by atoms with Crippen molar-refractivity contribution in [3.05, 3.63) is 29.8 Å². The number of methoxy groups -OCH3 is 1. The maximum Gasteiger partial charge on any atom is 0.410 e. The van der Waals surface area contributed by atoms with Gasteiger partial charge in [0.1, 0.15) is 11.4 Å². The normalized spacial score (nSPS) is 20.5. The van der Waals surface area contributed by atoms with Gasteiger partial charge in [0.15, 0.2) is 6.79 Å². The van der Waals surface area contributed by atoms with Gasteiger partial charge in [-0.2, -0.15) is 0 Å². The van der Waals surface area contributed by atoms with E-state index in [0.29, 0.717) is 18.7 Å². The number of likely N-dealkylation sites (tertiary alicyclic amines) is 1. The number of carbonyl (C=O) groups is 2. The molecule has 1 N–H and O–H groups in total. The third-order valence-corrected chi connectivity index (χ3v) is 4.21. The van der Waals surface area contributed by atoms with Crippen molar-refractivity contribution in [1.82, 2.24) is 4.90 Å². The van der Waals surface area contributed by atoms with Crippen molar-refractivity contribution in [1.29, 1.82) is 0 Å². The fourth-order valence-corrected chi connectivity index (χ4v) is 3.06. The molecule has 0 radical (unpaired) electrons. The molecule has 0 aromatic heterocycles. The molecule has 1 aromatic carbocycles. The van der Waals surface area contributed by atoms with Crippen molar-refractivity contribution in [3.63, 3.8) is 0 Å². The molecule has 0 spiro atoms. The van der Waals surface area contributed by atoms with Gasteiger partial charge in [-0.15, -0.1) is 0 Å². The molecule has 1 aliphatic rings. The van der Waals surface area contributed by atoms with Gasteiger partial charge in [0, 0.05) is 26.1 Å². The lowest BCUT2D eigenvalue weighted by Crippen LogP contribution is -2.47. The molecule has 2 atom stereocenters. The van der Waals surface area contributed by atoms with Crippen molar-refractivity contribution in [2.24, 2.45) is 5.92 Å². The SMILES string of the molecule is COCOc1cccc([C@H]2CCN(C(=O)OC(C)(C)C)C[C@@H]2C(=O)O)c1. The van der Waals surface area contributed by atoms with Crippen LogP contribution >= 0.6 is 0 Å². The quantitative estimate of drug-likeness (QED) is 0.807. The second-order valence-electron chi connectivity index (χ2n) is 7.39. The summed E-state index contributed by atoms with van der Waals surface area (Å²) in [6, 6.07) is 7.36. The highest BCUT2D eigenvalue weighted by Crippen LogP contribution is 2.35. The number of piperidine rings is 1. The largest absolute Gasteiger partial charge is 0.481 e. The Labute approximate surface area is 153 Å². The number of benzene rings is 1. The number of hydrogen-bond donors (Lipinski definition) is 1. The van der Waals surface area contributed by atoms with Gasteiger partial charge in [-0.3, -0.25) is 4.79 Å². The smallest absolute Gasteiger partial charge is 0.410 e. The molecule has 7 heteroatoms. The Balaban J connectivity index is 2.14. The highest BCUT2D eigenvalue weighted by molar-refractivity contribution is 5.74. The maximum atomic E-state index is 12.3. The first kappa shape index (κ1) is 20.0. The predicted molar refractivity (Wildman–Crippen MR) is 95.2 cm³/mol. The zero-order chi connectivity index (χ0) is 19.3. The minimum atomic E-state index is -0.925. The molecule has 1 aliphatic heterocycles. The summed E-state index contributed by atoms with van der Waals surface area (Å²) in [5, 5.41) is 9.68. The molecular weight excluding hydrogens is 338 g/mol. The molecule has 1 heterocycles. The zero-order valence-corrected chi connectivity index (χ0v) is 15.7. The molecule has 7 nitrogen and oxygen atoms in total. The fourth-order valence-electron chi connectivity index (χ4n) is 3.06. The molecule has 2 rings (SSSR count). The van der Waals surface area contributed by atoms with Gasteiger partial charge in [-0.1, -0.05) is 12.1 Å². The van der Waals surface area contributed by atoms with Crippen LogP contribution in [0.15, 0.2) is 24.3 Å². The topological polar surface area (TPSA) is 85.3 Å². The van der Waals surface area contributed by atoms with E-state index in [-0.39, 0.29) is 19.3 Å². The van der Waals surface area contributed by atoms with Gasteiger partial charge in [-0.25, -0.2) is 4.79 Å². The first-order chi connectivity index (χ1) is 12.2. The monoisotopic (exact) mass is 365 g/mol. The average molecular weight is 365 g/mol. The zero-order valence-electron chi connectivity index (χ0n) is 15.7. The number of hydrogen-bond acceptors (Lipinski definition) is 5. The molecule has 1 aromatic rings. The van der Waals surface area contributed by atoms with E-state index >= 15 is 0 Å². The number of amides is 1. The Morgan fingerprint density at radius 1 is 1.31 bits per heavy atom. The van der Waals surface area contributed by atoms with E-state index < -0.39 is 23.6 Å². The van der Waals surface area contributed by atoms with Crippen LogP contribution in [0.2, 0.25) is 0 Å². The lowest BCUT2D eigenvalue weighted by Gasteiger charge is -2.37. The molecule has 144 valence electrons. The highest BCUT2D eigenvalue weighted by atomic mass is 16.7. The molecule has 26 heavy (non-hydrogen) atoms. The van der Waals surface area contributed by atoms with E-state index in [1.165, 1.54) is 12.0 Å². The summed E-state index contributed by atoms with van der Waals surface area (Å²) in [7, 11) is 1.54. The van der Waals surface area contributed by atoms with Crippen molar-refractivity contribution in [3.8, 4) is 5.75 Å². The van der Waals surface area contributed by atoms with Gasteiger partial charge in [-0.05, 0) is 44.9 Å². The minimum absolute atomic E-state index is 0.123. The summed E-state index contributed by atoms with van der Waals surface area (Å²) in [5.41, 5.74) is 0.273. The van der Waals surface area contributed by atoms with Crippen molar-refractivity contribution in [2.75, 3.05) is 27.0 Å². The second kappa shape index (κ2) is 8.40. The number of carbonyl (C=O) groups excluding carboxylic acids is 1. The number of nitrogens with zero attached hydrogens (tertiary/aromatic N) is 1. The predicted octanol–water partition coefficient (Wildman–Crippen LogP) is 3.09. The summed E-state index contributed by atoms with van der Waals surface area (Å²) >= 11 is 0. The first-order valence-electron chi connectivity index (χ1n) is 8.63. The molecule has 1 fully saturated rings. The number of rotatable bonds is 5. The van der Waals surface area contributed by atoms with Crippen molar-refractivity contribution < 1.29 is 28.9 Å². The van der Waals surface area contributed by atoms with Crippen molar-refractivity contribution in [2.45, 2.75) is 38.7 Å². The van der Waals surface area contributed by atoms with Crippen LogP contribution in [-0.2, 0) is 14.3 Å². The Bertz CT molecular complexity index is 639. The second-order valence-corrected chi connectivity index (χ2v) is 7.39. The van der Waals surface area contributed by atoms with Crippen LogP contribution in [-0.4, -0.2) is 54.7 Å². The third-order valence-electron chi connectivity index (χ3n) is 4.21. The Morgan fingerprint density at radius 2 is 2.04 bits per heavy atom. The van der Waals surface area contributed by atoms with Crippen LogP contribution in [0.4, 0.5) is 4.79 Å². The fraction of sp³-hybridized carbons (Fsp3) is 0.579. The highest BCUT2D eigenvalue weighted by Gasteiger charge is 2.38. The average Bonchev–Trinajstić information content (AvgIpc) is 2.58. The van der Waals surface area contributed by atoms with E-state index in [1.807, 2.05) is 18.2 Å². The van der Waals surface area contributed by atoms with Crippen LogP contribution in [0.25, 0.3) is 0 Å². The summed E-state index contributed by atoms with van der Waals surface area (Å²) < 4.78 is 15.7. The van der Waals surface area contributed by atoms with Gasteiger partial charge < -0.3 is 24.2 Å². The molecule has 0 bridgehead atoms. The van der Waals surface area contributed by atoms with Gasteiger partial charge >= 0.3 is 12.1 Å². The van der Waals surface area contributed by atoms with Gasteiger partial charge in [0.05, 0.1) is 5.92 Å². The van der Waals surface area contributed by atoms with E-state index in [1.54, 1.807) is 26.8 Å². The summed E-state index contributed by atoms with van der Waals surface area (Å²) in [6.07, 6.45) is 0.0728. The molecule has 0 aliphatic carbocycles. The van der Waals surface area contributed by atoms with E-state index in [9.17, 15) is 14.7 Å². The van der Waals surface area contributed by atoms with E-state index in [0.717, 1.165) is 5.56 Å². The Morgan fingerprint density at radius 3 is 2.65 bits per heavy atom. The third kappa shape index (κ3) is 5.36. The standard InChI is InChI=1S/C19H27NO6/c1-19(2,3)26-18(23)20-9-8-15(16(11-20)17(21)22)13-6-5-7-14(10-13)25-12-24-4/h5-7,10,15-16H,8-9,11-12H2,1-4H3,(H,21,22)/t15-,16+/m1/s1. The summed E-state index contributed by atoms with van der Waals surface area (Å²) in [6.45, 7) is 6.07. The lowest BCUT2D eigenvalue weighted by atomic mass is 9.80. The van der Waals surface area contributed by atoms with Crippen LogP contribution in [0, 0.1) is 5.92 Å². The number of carboxylic acid groups (broad SMARTS) is 1. The van der Waals surface area contributed by atoms with Crippen LogP contribution in [0.1, 0.15) is 38.7 Å². The Kier molecular flexibility index (Phi) is 6.47. The van der Waals surface area contributed by atoms with Gasteiger partial charge in [0.2, 0.25) is 0 Å². The number of carboxylic acids is 1. The summed E-state index contributed by atoms with van der Waals surface area (Å²) in [4.78, 5) is 25.6. The molecular formula is C19H27NO6. The number of ether oxygens (including phenoxy) is 3. The van der Waals surface area contributed by atoms with E-state index in [2.05, 4.69) is 0 Å². The van der Waals surface area contributed by atoms with E-state index in [4.69, 9.17) is 14.2 Å².